The molecule has 2 heterocycles. The summed E-state index contributed by atoms with van der Waals surface area (Å²) in [5.41, 5.74) is 0.802. The Kier molecular flexibility index (Phi) is 3.61. The van der Waals surface area contributed by atoms with Crippen molar-refractivity contribution in [3.8, 4) is 0 Å². The lowest BCUT2D eigenvalue weighted by Gasteiger charge is -2.32. The van der Waals surface area contributed by atoms with Crippen LogP contribution in [0.3, 0.4) is 0 Å². The van der Waals surface area contributed by atoms with Gasteiger partial charge >= 0.3 is 5.97 Å². The number of nitrogens with zero attached hydrogens (tertiary/aromatic N) is 1. The highest BCUT2D eigenvalue weighted by molar-refractivity contribution is 6.23. The molecule has 1 aromatic heterocycles. The van der Waals surface area contributed by atoms with Crippen LogP contribution in [0.1, 0.15) is 15.9 Å². The molecule has 0 bridgehead atoms. The first kappa shape index (κ1) is 12.3. The fraction of sp³-hybridized carbons (Fsp3) is 0.455. The molecule has 0 spiro atoms. The molecule has 1 fully saturated rings. The first-order valence-corrected chi connectivity index (χ1v) is 5.48. The molecule has 17 heavy (non-hydrogen) atoms. The molecule has 0 aromatic carbocycles. The zero-order valence-corrected chi connectivity index (χ0v) is 10.1. The van der Waals surface area contributed by atoms with Gasteiger partial charge in [-0.2, -0.15) is 0 Å². The highest BCUT2D eigenvalue weighted by atomic mass is 35.5. The molecule has 0 saturated carbocycles. The molecule has 1 saturated heterocycles. The third-order valence-electron chi connectivity index (χ3n) is 2.47. The van der Waals surface area contributed by atoms with E-state index in [4.69, 9.17) is 25.8 Å². The van der Waals surface area contributed by atoms with Gasteiger partial charge < -0.3 is 14.2 Å². The lowest BCUT2D eigenvalue weighted by Crippen LogP contribution is -2.37. The summed E-state index contributed by atoms with van der Waals surface area (Å²) >= 11 is 6.31. The lowest BCUT2D eigenvalue weighted by molar-refractivity contribution is -0.116. The minimum atomic E-state index is -1.17. The van der Waals surface area contributed by atoms with Gasteiger partial charge in [-0.05, 0) is 6.07 Å². The Hall–Kier alpha value is -1.17. The van der Waals surface area contributed by atoms with E-state index in [1.54, 1.807) is 6.07 Å². The van der Waals surface area contributed by atoms with Crippen molar-refractivity contribution in [1.29, 1.82) is 0 Å². The molecule has 0 N–H and O–H groups in total. The summed E-state index contributed by atoms with van der Waals surface area (Å²) in [4.78, 5) is 15.6. The maximum atomic E-state index is 11.6. The van der Waals surface area contributed by atoms with Crippen LogP contribution in [0.5, 0.6) is 0 Å². The Bertz CT molecular complexity index is 418. The fourth-order valence-corrected chi connectivity index (χ4v) is 1.95. The Labute approximate surface area is 104 Å². The van der Waals surface area contributed by atoms with E-state index in [0.717, 1.165) is 0 Å². The highest BCUT2D eigenvalue weighted by Gasteiger charge is 2.37. The van der Waals surface area contributed by atoms with Crippen molar-refractivity contribution in [2.75, 3.05) is 26.9 Å². The largest absolute Gasteiger partial charge is 0.465 e. The van der Waals surface area contributed by atoms with E-state index in [2.05, 4.69) is 4.98 Å². The summed E-state index contributed by atoms with van der Waals surface area (Å²) in [5, 5.41) is -1.17. The van der Waals surface area contributed by atoms with Crippen LogP contribution >= 0.6 is 11.6 Å². The summed E-state index contributed by atoms with van der Waals surface area (Å²) in [6.45, 7) is 1.03. The predicted molar refractivity (Wildman–Crippen MR) is 59.9 cm³/mol. The fourth-order valence-electron chi connectivity index (χ4n) is 1.64. The minimum Gasteiger partial charge on any atom is -0.465 e. The van der Waals surface area contributed by atoms with Gasteiger partial charge in [0.05, 0.1) is 32.5 Å². The van der Waals surface area contributed by atoms with Crippen molar-refractivity contribution < 1.29 is 19.0 Å². The summed E-state index contributed by atoms with van der Waals surface area (Å²) in [7, 11) is 1.31. The SMILES string of the molecule is COC(=O)c1ccncc1C1(Cl)COCCO1. The van der Waals surface area contributed by atoms with Crippen LogP contribution in [0.4, 0.5) is 0 Å². The maximum Gasteiger partial charge on any atom is 0.338 e. The molecule has 5 nitrogen and oxygen atoms in total. The second-order valence-electron chi connectivity index (χ2n) is 3.54. The van der Waals surface area contributed by atoms with Gasteiger partial charge in [0.15, 0.2) is 5.06 Å². The van der Waals surface area contributed by atoms with Gasteiger partial charge in [0.2, 0.25) is 0 Å². The number of carbonyl (C=O) groups is 1. The molecule has 1 aromatic rings. The van der Waals surface area contributed by atoms with E-state index >= 15 is 0 Å². The monoisotopic (exact) mass is 257 g/mol. The number of esters is 1. The standard InChI is InChI=1S/C11H12ClNO4/c1-15-10(14)8-2-3-13-6-9(8)11(12)7-16-4-5-17-11/h2-3,6H,4-5,7H2,1H3. The van der Waals surface area contributed by atoms with E-state index in [1.807, 2.05) is 0 Å². The Morgan fingerprint density at radius 1 is 1.59 bits per heavy atom. The van der Waals surface area contributed by atoms with Crippen molar-refractivity contribution in [2.45, 2.75) is 5.06 Å². The molecule has 2 rings (SSSR count). The second kappa shape index (κ2) is 5.00. The van der Waals surface area contributed by atoms with Crippen LogP contribution < -0.4 is 0 Å². The molecule has 6 heteroatoms. The van der Waals surface area contributed by atoms with Gasteiger partial charge in [-0.3, -0.25) is 4.98 Å². The molecule has 1 aliphatic heterocycles. The zero-order chi connectivity index (χ0) is 12.3. The average molecular weight is 258 g/mol. The van der Waals surface area contributed by atoms with E-state index in [1.165, 1.54) is 19.5 Å². The van der Waals surface area contributed by atoms with E-state index < -0.39 is 11.0 Å². The lowest BCUT2D eigenvalue weighted by atomic mass is 10.0. The third-order valence-corrected chi connectivity index (χ3v) is 2.90. The van der Waals surface area contributed by atoms with E-state index in [9.17, 15) is 4.79 Å². The Morgan fingerprint density at radius 3 is 3.06 bits per heavy atom. The van der Waals surface area contributed by atoms with E-state index in [0.29, 0.717) is 24.3 Å². The number of hydrogen-bond acceptors (Lipinski definition) is 5. The van der Waals surface area contributed by atoms with Gasteiger partial charge in [0.25, 0.3) is 0 Å². The van der Waals surface area contributed by atoms with Crippen molar-refractivity contribution in [1.82, 2.24) is 4.98 Å². The summed E-state index contributed by atoms with van der Waals surface area (Å²) in [6.07, 6.45) is 2.99. The summed E-state index contributed by atoms with van der Waals surface area (Å²) < 4.78 is 15.4. The van der Waals surface area contributed by atoms with E-state index in [-0.39, 0.29) is 6.61 Å². The van der Waals surface area contributed by atoms with Gasteiger partial charge in [0.1, 0.15) is 0 Å². The molecule has 0 amide bonds. The molecule has 1 aliphatic rings. The number of aromatic nitrogens is 1. The van der Waals surface area contributed by atoms with Crippen LogP contribution in [0, 0.1) is 0 Å². The van der Waals surface area contributed by atoms with Crippen molar-refractivity contribution in [3.63, 3.8) is 0 Å². The number of halogens is 1. The molecule has 92 valence electrons. The van der Waals surface area contributed by atoms with Crippen LogP contribution in [-0.4, -0.2) is 37.9 Å². The zero-order valence-electron chi connectivity index (χ0n) is 9.31. The van der Waals surface area contributed by atoms with Crippen LogP contribution in [0.15, 0.2) is 18.5 Å². The Morgan fingerprint density at radius 2 is 2.41 bits per heavy atom. The first-order valence-electron chi connectivity index (χ1n) is 5.11. The molecule has 0 aliphatic carbocycles. The van der Waals surface area contributed by atoms with Crippen molar-refractivity contribution >= 4 is 17.6 Å². The smallest absolute Gasteiger partial charge is 0.338 e. The Balaban J connectivity index is 2.40. The summed E-state index contributed by atoms with van der Waals surface area (Å²) in [6, 6.07) is 1.54. The van der Waals surface area contributed by atoms with Crippen molar-refractivity contribution in [3.05, 3.63) is 29.6 Å². The second-order valence-corrected chi connectivity index (χ2v) is 4.15. The number of ether oxygens (including phenoxy) is 3. The molecule has 1 unspecified atom stereocenters. The van der Waals surface area contributed by atoms with Gasteiger partial charge in [-0.1, -0.05) is 11.6 Å². The molecular formula is C11H12ClNO4. The van der Waals surface area contributed by atoms with Gasteiger partial charge in [0, 0.05) is 18.0 Å². The predicted octanol–water partition coefficient (Wildman–Crippen LogP) is 1.31. The quantitative estimate of drug-likeness (QED) is 0.591. The van der Waals surface area contributed by atoms with Gasteiger partial charge in [-0.15, -0.1) is 0 Å². The molecular weight excluding hydrogens is 246 g/mol. The van der Waals surface area contributed by atoms with Crippen LogP contribution in [0.2, 0.25) is 0 Å². The summed E-state index contributed by atoms with van der Waals surface area (Å²) in [5.74, 6) is -0.475. The number of hydrogen-bond donors (Lipinski definition) is 0. The first-order chi connectivity index (χ1) is 8.17. The number of methoxy groups -OCH3 is 1. The third kappa shape index (κ3) is 2.41. The number of pyridine rings is 1. The number of carbonyl (C=O) groups excluding carboxylic acids is 1. The number of rotatable bonds is 2. The maximum absolute atomic E-state index is 11.6. The average Bonchev–Trinajstić information content (AvgIpc) is 2.39. The molecule has 1 atom stereocenters. The minimum absolute atomic E-state index is 0.171. The van der Waals surface area contributed by atoms with Crippen LogP contribution in [-0.2, 0) is 19.3 Å². The molecule has 0 radical (unpaired) electrons. The van der Waals surface area contributed by atoms with Crippen molar-refractivity contribution in [2.24, 2.45) is 0 Å². The van der Waals surface area contributed by atoms with Gasteiger partial charge in [-0.25, -0.2) is 4.79 Å². The topological polar surface area (TPSA) is 57.7 Å². The number of alkyl halides is 1. The normalized spacial score (nSPS) is 24.4. The highest BCUT2D eigenvalue weighted by Crippen LogP contribution is 2.35. The van der Waals surface area contributed by atoms with Crippen LogP contribution in [0.25, 0.3) is 0 Å².